The molecule has 19 heavy (non-hydrogen) atoms. The van der Waals surface area contributed by atoms with Gasteiger partial charge in [0.05, 0.1) is 0 Å². The molecule has 98 valence electrons. The molecule has 0 saturated carbocycles. The van der Waals surface area contributed by atoms with Crippen LogP contribution in [0, 0.1) is 6.92 Å². The molecule has 0 spiro atoms. The Morgan fingerprint density at radius 1 is 1.21 bits per heavy atom. The van der Waals surface area contributed by atoms with Crippen LogP contribution in [0.2, 0.25) is 0 Å². The van der Waals surface area contributed by atoms with Crippen molar-refractivity contribution in [3.05, 3.63) is 46.2 Å². The lowest BCUT2D eigenvalue weighted by Crippen LogP contribution is -2.00. The third-order valence-corrected chi connectivity index (χ3v) is 4.37. The highest BCUT2D eigenvalue weighted by atomic mass is 32.1. The number of hydrogen-bond donors (Lipinski definition) is 0. The summed E-state index contributed by atoms with van der Waals surface area (Å²) < 4.78 is 1.88. The van der Waals surface area contributed by atoms with E-state index in [1.165, 1.54) is 11.1 Å². The van der Waals surface area contributed by atoms with E-state index in [4.69, 9.17) is 0 Å². The first-order valence-electron chi connectivity index (χ1n) is 6.40. The van der Waals surface area contributed by atoms with Crippen LogP contribution in [0.4, 0.5) is 0 Å². The molecule has 3 rings (SSSR count). The van der Waals surface area contributed by atoms with Crippen molar-refractivity contribution in [3.63, 3.8) is 0 Å². The Balaban J connectivity index is 1.99. The molecular weight excluding hydrogens is 256 g/mol. The SMILES string of the molecule is Cc1ccccc1Cc1nnc2sc(C(C)C)nn12. The van der Waals surface area contributed by atoms with Gasteiger partial charge in [-0.25, -0.2) is 0 Å². The summed E-state index contributed by atoms with van der Waals surface area (Å²) >= 11 is 1.62. The van der Waals surface area contributed by atoms with Crippen molar-refractivity contribution in [2.75, 3.05) is 0 Å². The summed E-state index contributed by atoms with van der Waals surface area (Å²) in [5, 5.41) is 14.2. The lowest BCUT2D eigenvalue weighted by Gasteiger charge is -2.02. The molecule has 0 aliphatic heterocycles. The molecule has 2 heterocycles. The molecule has 1 aromatic carbocycles. The average molecular weight is 272 g/mol. The Kier molecular flexibility index (Phi) is 3.06. The monoisotopic (exact) mass is 272 g/mol. The quantitative estimate of drug-likeness (QED) is 0.735. The largest absolute Gasteiger partial charge is 0.234 e. The second-order valence-electron chi connectivity index (χ2n) is 5.01. The van der Waals surface area contributed by atoms with Crippen molar-refractivity contribution < 1.29 is 0 Å². The second kappa shape index (κ2) is 4.74. The van der Waals surface area contributed by atoms with Crippen LogP contribution in [0.1, 0.15) is 41.7 Å². The van der Waals surface area contributed by atoms with E-state index in [1.54, 1.807) is 11.3 Å². The van der Waals surface area contributed by atoms with E-state index in [9.17, 15) is 0 Å². The van der Waals surface area contributed by atoms with Crippen LogP contribution in [-0.4, -0.2) is 19.8 Å². The Morgan fingerprint density at radius 2 is 2.00 bits per heavy atom. The van der Waals surface area contributed by atoms with Gasteiger partial charge in [0.2, 0.25) is 4.96 Å². The number of benzene rings is 1. The van der Waals surface area contributed by atoms with Gasteiger partial charge in [-0.1, -0.05) is 49.4 Å². The number of aryl methyl sites for hydroxylation is 1. The molecule has 0 amide bonds. The van der Waals surface area contributed by atoms with Gasteiger partial charge >= 0.3 is 0 Å². The molecule has 0 fully saturated rings. The minimum Gasteiger partial charge on any atom is -0.187 e. The molecule has 2 aromatic heterocycles. The number of rotatable bonds is 3. The van der Waals surface area contributed by atoms with Crippen molar-refractivity contribution in [2.45, 2.75) is 33.1 Å². The van der Waals surface area contributed by atoms with Gasteiger partial charge < -0.3 is 0 Å². The second-order valence-corrected chi connectivity index (χ2v) is 6.00. The predicted molar refractivity (Wildman–Crippen MR) is 76.7 cm³/mol. The summed E-state index contributed by atoms with van der Waals surface area (Å²) in [5.74, 6) is 1.34. The third-order valence-electron chi connectivity index (χ3n) is 3.17. The summed E-state index contributed by atoms with van der Waals surface area (Å²) in [7, 11) is 0. The number of aromatic nitrogens is 4. The minimum absolute atomic E-state index is 0.429. The van der Waals surface area contributed by atoms with Crippen LogP contribution >= 0.6 is 11.3 Å². The maximum atomic E-state index is 4.61. The van der Waals surface area contributed by atoms with Crippen LogP contribution < -0.4 is 0 Å². The molecule has 0 unspecified atom stereocenters. The molecule has 0 atom stereocenters. The van der Waals surface area contributed by atoms with E-state index in [1.807, 2.05) is 4.52 Å². The Bertz CT molecular complexity index is 711. The first-order chi connectivity index (χ1) is 9.15. The topological polar surface area (TPSA) is 43.1 Å². The summed E-state index contributed by atoms with van der Waals surface area (Å²) in [5.41, 5.74) is 2.55. The fraction of sp³-hybridized carbons (Fsp3) is 0.357. The molecular formula is C14H16N4S. The lowest BCUT2D eigenvalue weighted by molar-refractivity contribution is 0.772. The number of nitrogens with zero attached hydrogens (tertiary/aromatic N) is 4. The number of hydrogen-bond acceptors (Lipinski definition) is 4. The van der Waals surface area contributed by atoms with E-state index in [-0.39, 0.29) is 0 Å². The molecule has 3 aromatic rings. The van der Waals surface area contributed by atoms with Gasteiger partial charge in [0.25, 0.3) is 0 Å². The van der Waals surface area contributed by atoms with Crippen LogP contribution in [0.5, 0.6) is 0 Å². The van der Waals surface area contributed by atoms with E-state index in [0.717, 1.165) is 22.2 Å². The molecule has 0 radical (unpaired) electrons. The highest BCUT2D eigenvalue weighted by Gasteiger charge is 2.14. The summed E-state index contributed by atoms with van der Waals surface area (Å²) in [6.07, 6.45) is 0.773. The van der Waals surface area contributed by atoms with Gasteiger partial charge in [-0.3, -0.25) is 0 Å². The van der Waals surface area contributed by atoms with E-state index >= 15 is 0 Å². The normalized spacial score (nSPS) is 11.6. The van der Waals surface area contributed by atoms with E-state index in [2.05, 4.69) is 60.3 Å². The maximum Gasteiger partial charge on any atom is 0.234 e. The number of fused-ring (bicyclic) bond motifs is 1. The third kappa shape index (κ3) is 2.26. The molecule has 4 nitrogen and oxygen atoms in total. The first kappa shape index (κ1) is 12.3. The fourth-order valence-electron chi connectivity index (χ4n) is 1.99. The van der Waals surface area contributed by atoms with Crippen molar-refractivity contribution >= 4 is 16.3 Å². The van der Waals surface area contributed by atoms with Crippen molar-refractivity contribution in [2.24, 2.45) is 0 Å². The van der Waals surface area contributed by atoms with Crippen LogP contribution in [0.15, 0.2) is 24.3 Å². The summed E-state index contributed by atoms with van der Waals surface area (Å²) in [4.78, 5) is 0.882. The lowest BCUT2D eigenvalue weighted by atomic mass is 10.1. The van der Waals surface area contributed by atoms with Gasteiger partial charge in [-0.05, 0) is 18.1 Å². The zero-order chi connectivity index (χ0) is 13.4. The van der Waals surface area contributed by atoms with Gasteiger partial charge in [0.15, 0.2) is 5.82 Å². The Labute approximate surface area is 116 Å². The standard InChI is InChI=1S/C14H16N4S/c1-9(2)13-17-18-12(15-16-14(18)19-13)8-11-7-5-4-6-10(11)3/h4-7,9H,8H2,1-3H3. The average Bonchev–Trinajstić information content (AvgIpc) is 2.94. The van der Waals surface area contributed by atoms with Gasteiger partial charge in [0, 0.05) is 12.3 Å². The molecule has 0 aliphatic carbocycles. The smallest absolute Gasteiger partial charge is 0.187 e. The maximum absolute atomic E-state index is 4.61. The van der Waals surface area contributed by atoms with E-state index in [0.29, 0.717) is 5.92 Å². The summed E-state index contributed by atoms with van der Waals surface area (Å²) in [6, 6.07) is 8.36. The van der Waals surface area contributed by atoms with Gasteiger partial charge in [-0.15, -0.1) is 10.2 Å². The highest BCUT2D eigenvalue weighted by Crippen LogP contribution is 2.22. The Hall–Kier alpha value is -1.75. The van der Waals surface area contributed by atoms with Crippen molar-refractivity contribution in [1.29, 1.82) is 0 Å². The fourth-order valence-corrected chi connectivity index (χ4v) is 2.85. The molecule has 0 N–H and O–H groups in total. The Morgan fingerprint density at radius 3 is 2.74 bits per heavy atom. The zero-order valence-corrected chi connectivity index (χ0v) is 12.1. The molecule has 0 aliphatic rings. The molecule has 5 heteroatoms. The van der Waals surface area contributed by atoms with Crippen molar-refractivity contribution in [3.8, 4) is 0 Å². The molecule has 0 saturated heterocycles. The van der Waals surface area contributed by atoms with Crippen LogP contribution in [0.25, 0.3) is 4.96 Å². The van der Waals surface area contributed by atoms with Gasteiger partial charge in [0.1, 0.15) is 5.01 Å². The molecule has 0 bridgehead atoms. The highest BCUT2D eigenvalue weighted by molar-refractivity contribution is 7.16. The van der Waals surface area contributed by atoms with E-state index < -0.39 is 0 Å². The minimum atomic E-state index is 0.429. The van der Waals surface area contributed by atoms with Crippen LogP contribution in [-0.2, 0) is 6.42 Å². The van der Waals surface area contributed by atoms with Crippen LogP contribution in [0.3, 0.4) is 0 Å². The predicted octanol–water partition coefficient (Wildman–Crippen LogP) is 3.21. The zero-order valence-electron chi connectivity index (χ0n) is 11.3. The first-order valence-corrected chi connectivity index (χ1v) is 7.22. The van der Waals surface area contributed by atoms with Crippen molar-refractivity contribution in [1.82, 2.24) is 19.8 Å². The van der Waals surface area contributed by atoms with Gasteiger partial charge in [-0.2, -0.15) is 9.61 Å². The summed E-state index contributed by atoms with van der Waals surface area (Å²) in [6.45, 7) is 6.41.